The smallest absolute Gasteiger partial charge is 0.119 e. The molecule has 0 bridgehead atoms. The molecule has 0 saturated carbocycles. The summed E-state index contributed by atoms with van der Waals surface area (Å²) in [4.78, 5) is 0. The van der Waals surface area contributed by atoms with Crippen molar-refractivity contribution < 1.29 is 9.84 Å². The molecule has 1 aliphatic rings. The van der Waals surface area contributed by atoms with E-state index in [0.29, 0.717) is 13.2 Å². The molecule has 2 N–H and O–H groups in total. The first-order valence-electron chi connectivity index (χ1n) is 7.05. The molecule has 1 saturated heterocycles. The lowest BCUT2D eigenvalue weighted by Crippen LogP contribution is -2.43. The number of hydrogen-bond donors (Lipinski definition) is 2. The Balaban J connectivity index is 1.74. The van der Waals surface area contributed by atoms with Crippen LogP contribution in [-0.2, 0) is 6.54 Å². The van der Waals surface area contributed by atoms with Crippen LogP contribution in [0, 0.1) is 0 Å². The molecule has 0 unspecified atom stereocenters. The monoisotopic (exact) mass is 293 g/mol. The Morgan fingerprint density at radius 1 is 1.30 bits per heavy atom. The molecule has 0 spiro atoms. The third kappa shape index (κ3) is 4.85. The summed E-state index contributed by atoms with van der Waals surface area (Å²) in [5, 5.41) is 13.7. The minimum absolute atomic E-state index is 0.516. The second-order valence-electron chi connectivity index (χ2n) is 5.18. The van der Waals surface area contributed by atoms with Gasteiger partial charge in [0.1, 0.15) is 12.4 Å². The standard InChI is InChI=1S/C16H23NO2S/c1-2-9-19-15-5-3-14(4-6-15)12-17-13-16(18)7-10-20-11-8-16/h2-6,17-18H,1,7-13H2. The van der Waals surface area contributed by atoms with Crippen molar-refractivity contribution in [3.05, 3.63) is 42.5 Å². The van der Waals surface area contributed by atoms with Crippen molar-refractivity contribution >= 4 is 11.8 Å². The molecule has 1 heterocycles. The van der Waals surface area contributed by atoms with E-state index in [0.717, 1.165) is 36.6 Å². The lowest BCUT2D eigenvalue weighted by Gasteiger charge is -2.32. The fraction of sp³-hybridized carbons (Fsp3) is 0.500. The predicted octanol–water partition coefficient (Wildman–Crippen LogP) is 2.60. The molecule has 0 aromatic heterocycles. The van der Waals surface area contributed by atoms with Crippen LogP contribution in [0.15, 0.2) is 36.9 Å². The highest BCUT2D eigenvalue weighted by Gasteiger charge is 2.28. The number of rotatable bonds is 7. The van der Waals surface area contributed by atoms with Crippen molar-refractivity contribution in [2.45, 2.75) is 25.0 Å². The number of hydrogen-bond acceptors (Lipinski definition) is 4. The zero-order valence-electron chi connectivity index (χ0n) is 11.8. The lowest BCUT2D eigenvalue weighted by atomic mass is 9.97. The van der Waals surface area contributed by atoms with E-state index in [1.807, 2.05) is 36.0 Å². The zero-order chi connectivity index (χ0) is 14.3. The maximum absolute atomic E-state index is 10.4. The Bertz CT molecular complexity index is 413. The number of thioether (sulfide) groups is 1. The average molecular weight is 293 g/mol. The SMILES string of the molecule is C=CCOc1ccc(CNCC2(O)CCSCC2)cc1. The van der Waals surface area contributed by atoms with E-state index >= 15 is 0 Å². The molecule has 110 valence electrons. The summed E-state index contributed by atoms with van der Waals surface area (Å²) < 4.78 is 5.45. The zero-order valence-corrected chi connectivity index (χ0v) is 12.6. The number of benzene rings is 1. The second-order valence-corrected chi connectivity index (χ2v) is 6.41. The van der Waals surface area contributed by atoms with E-state index in [4.69, 9.17) is 4.74 Å². The molecule has 4 heteroatoms. The van der Waals surface area contributed by atoms with Crippen LogP contribution in [0.4, 0.5) is 0 Å². The highest BCUT2D eigenvalue weighted by Crippen LogP contribution is 2.26. The first-order valence-corrected chi connectivity index (χ1v) is 8.21. The van der Waals surface area contributed by atoms with Crippen LogP contribution in [0.3, 0.4) is 0 Å². The van der Waals surface area contributed by atoms with Crippen LogP contribution in [-0.4, -0.2) is 35.4 Å². The van der Waals surface area contributed by atoms with Crippen LogP contribution in [0.1, 0.15) is 18.4 Å². The molecule has 1 aromatic rings. The molecular weight excluding hydrogens is 270 g/mol. The number of ether oxygens (including phenoxy) is 1. The maximum Gasteiger partial charge on any atom is 0.119 e. The van der Waals surface area contributed by atoms with E-state index < -0.39 is 5.60 Å². The molecule has 2 rings (SSSR count). The van der Waals surface area contributed by atoms with Gasteiger partial charge in [-0.25, -0.2) is 0 Å². The van der Waals surface area contributed by atoms with Gasteiger partial charge in [0.15, 0.2) is 0 Å². The van der Waals surface area contributed by atoms with Gasteiger partial charge >= 0.3 is 0 Å². The molecule has 20 heavy (non-hydrogen) atoms. The first kappa shape index (κ1) is 15.4. The van der Waals surface area contributed by atoms with Crippen molar-refractivity contribution in [2.75, 3.05) is 24.7 Å². The minimum atomic E-state index is -0.516. The van der Waals surface area contributed by atoms with Crippen molar-refractivity contribution in [1.82, 2.24) is 5.32 Å². The Hall–Kier alpha value is -0.970. The van der Waals surface area contributed by atoms with Crippen molar-refractivity contribution in [3.8, 4) is 5.75 Å². The molecule has 0 atom stereocenters. The molecule has 1 fully saturated rings. The van der Waals surface area contributed by atoms with Gasteiger partial charge in [-0.15, -0.1) is 0 Å². The predicted molar refractivity (Wildman–Crippen MR) is 85.3 cm³/mol. The van der Waals surface area contributed by atoms with Gasteiger partial charge in [0, 0.05) is 13.1 Å². The quantitative estimate of drug-likeness (QED) is 0.758. The first-order chi connectivity index (χ1) is 9.72. The summed E-state index contributed by atoms with van der Waals surface area (Å²) in [6.45, 7) is 5.60. The lowest BCUT2D eigenvalue weighted by molar-refractivity contribution is 0.0320. The van der Waals surface area contributed by atoms with Crippen LogP contribution in [0.25, 0.3) is 0 Å². The highest BCUT2D eigenvalue weighted by molar-refractivity contribution is 7.99. The Morgan fingerprint density at radius 2 is 2.00 bits per heavy atom. The van der Waals surface area contributed by atoms with E-state index in [2.05, 4.69) is 11.9 Å². The number of nitrogens with one attached hydrogen (secondary N) is 1. The van der Waals surface area contributed by atoms with E-state index in [-0.39, 0.29) is 0 Å². The van der Waals surface area contributed by atoms with Gasteiger partial charge in [0.25, 0.3) is 0 Å². The summed E-state index contributed by atoms with van der Waals surface area (Å²) in [7, 11) is 0. The molecule has 1 aliphatic heterocycles. The fourth-order valence-corrected chi connectivity index (χ4v) is 3.48. The fourth-order valence-electron chi connectivity index (χ4n) is 2.23. The average Bonchev–Trinajstić information content (AvgIpc) is 2.47. The maximum atomic E-state index is 10.4. The van der Waals surface area contributed by atoms with Crippen molar-refractivity contribution in [3.63, 3.8) is 0 Å². The molecule has 0 amide bonds. The molecule has 3 nitrogen and oxygen atoms in total. The van der Waals surface area contributed by atoms with E-state index in [9.17, 15) is 5.11 Å². The van der Waals surface area contributed by atoms with Crippen LogP contribution in [0.2, 0.25) is 0 Å². The van der Waals surface area contributed by atoms with Crippen molar-refractivity contribution in [1.29, 1.82) is 0 Å². The third-order valence-electron chi connectivity index (χ3n) is 3.50. The summed E-state index contributed by atoms with van der Waals surface area (Å²) >= 11 is 1.93. The minimum Gasteiger partial charge on any atom is -0.490 e. The van der Waals surface area contributed by atoms with Gasteiger partial charge < -0.3 is 15.2 Å². The van der Waals surface area contributed by atoms with Gasteiger partial charge in [-0.1, -0.05) is 24.8 Å². The number of aliphatic hydroxyl groups is 1. The van der Waals surface area contributed by atoms with Gasteiger partial charge in [-0.3, -0.25) is 0 Å². The highest BCUT2D eigenvalue weighted by atomic mass is 32.2. The van der Waals surface area contributed by atoms with E-state index in [1.165, 1.54) is 5.56 Å². The second kappa shape index (κ2) is 7.72. The largest absolute Gasteiger partial charge is 0.490 e. The Labute approximate surface area is 125 Å². The van der Waals surface area contributed by atoms with Gasteiger partial charge in [-0.2, -0.15) is 11.8 Å². The van der Waals surface area contributed by atoms with Gasteiger partial charge in [-0.05, 0) is 42.0 Å². The third-order valence-corrected chi connectivity index (χ3v) is 4.48. The summed E-state index contributed by atoms with van der Waals surface area (Å²) in [6, 6.07) is 8.03. The van der Waals surface area contributed by atoms with Crippen LogP contribution in [0.5, 0.6) is 5.75 Å². The summed E-state index contributed by atoms with van der Waals surface area (Å²) in [5.41, 5.74) is 0.683. The van der Waals surface area contributed by atoms with E-state index in [1.54, 1.807) is 6.08 Å². The Kier molecular flexibility index (Phi) is 5.95. The molecule has 0 aliphatic carbocycles. The normalized spacial score (nSPS) is 17.6. The molecule has 1 aromatic carbocycles. The Morgan fingerprint density at radius 3 is 2.65 bits per heavy atom. The topological polar surface area (TPSA) is 41.5 Å². The molecular formula is C16H23NO2S. The summed E-state index contributed by atoms with van der Waals surface area (Å²) in [5.74, 6) is 2.98. The van der Waals surface area contributed by atoms with Crippen LogP contribution < -0.4 is 10.1 Å². The van der Waals surface area contributed by atoms with Crippen LogP contribution >= 0.6 is 11.8 Å². The van der Waals surface area contributed by atoms with Gasteiger partial charge in [0.2, 0.25) is 0 Å². The van der Waals surface area contributed by atoms with Gasteiger partial charge in [0.05, 0.1) is 5.60 Å². The molecule has 0 radical (unpaired) electrons. The van der Waals surface area contributed by atoms with Crippen molar-refractivity contribution in [2.24, 2.45) is 0 Å². The summed E-state index contributed by atoms with van der Waals surface area (Å²) in [6.07, 6.45) is 3.51.